The maximum Gasteiger partial charge on any atom is 0.281 e. The van der Waals surface area contributed by atoms with Crippen LogP contribution in [0.2, 0.25) is 0 Å². The Labute approximate surface area is 205 Å². The Morgan fingerprint density at radius 1 is 1.03 bits per heavy atom. The van der Waals surface area contributed by atoms with E-state index in [1.54, 1.807) is 34.5 Å². The number of fused-ring (bicyclic) bond motifs is 1. The molecule has 35 heavy (non-hydrogen) atoms. The first kappa shape index (κ1) is 24.6. The summed E-state index contributed by atoms with van der Waals surface area (Å²) in [7, 11) is 1.77. The molecule has 3 heterocycles. The molecule has 3 aromatic rings. The van der Waals surface area contributed by atoms with Crippen molar-refractivity contribution < 1.29 is 14.3 Å². The van der Waals surface area contributed by atoms with Crippen LogP contribution in [-0.2, 0) is 13.6 Å². The minimum absolute atomic E-state index is 0.0499. The van der Waals surface area contributed by atoms with Gasteiger partial charge >= 0.3 is 0 Å². The van der Waals surface area contributed by atoms with Crippen LogP contribution in [0.1, 0.15) is 43.2 Å². The predicted molar refractivity (Wildman–Crippen MR) is 135 cm³/mol. The van der Waals surface area contributed by atoms with Crippen molar-refractivity contribution in [3.8, 4) is 11.5 Å². The molecular weight excluding hydrogens is 448 g/mol. The van der Waals surface area contributed by atoms with Gasteiger partial charge in [0, 0.05) is 45.3 Å². The van der Waals surface area contributed by atoms with Crippen LogP contribution in [0.3, 0.4) is 0 Å². The maximum absolute atomic E-state index is 13.3. The number of carbonyl (C=O) groups excluding carboxylic acids is 1. The van der Waals surface area contributed by atoms with Crippen molar-refractivity contribution >= 4 is 22.9 Å². The molecule has 0 atom stereocenters. The fraction of sp³-hybridized carbons (Fsp3) is 0.520. The molecule has 0 saturated carbocycles. The molecule has 4 rings (SSSR count). The predicted octanol–water partition coefficient (Wildman–Crippen LogP) is 2.61. The first-order valence-electron chi connectivity index (χ1n) is 12.3. The van der Waals surface area contributed by atoms with E-state index in [4.69, 9.17) is 14.5 Å². The van der Waals surface area contributed by atoms with Gasteiger partial charge in [-0.2, -0.15) is 5.10 Å². The lowest BCUT2D eigenvalue weighted by Crippen LogP contribution is -2.50. The fourth-order valence-corrected chi connectivity index (χ4v) is 4.54. The molecule has 1 aliphatic heterocycles. The van der Waals surface area contributed by atoms with Gasteiger partial charge < -0.3 is 19.3 Å². The summed E-state index contributed by atoms with van der Waals surface area (Å²) in [6.07, 6.45) is 0.815. The van der Waals surface area contributed by atoms with Crippen LogP contribution in [0.5, 0.6) is 11.5 Å². The van der Waals surface area contributed by atoms with Crippen LogP contribution >= 0.6 is 0 Å². The topological polar surface area (TPSA) is 94.7 Å². The summed E-state index contributed by atoms with van der Waals surface area (Å²) in [6, 6.07) is 5.32. The number of rotatable bonds is 8. The van der Waals surface area contributed by atoms with Gasteiger partial charge in [0.25, 0.3) is 11.5 Å². The second-order valence-electron chi connectivity index (χ2n) is 8.58. The lowest BCUT2D eigenvalue weighted by atomic mass is 10.1. The first-order chi connectivity index (χ1) is 16.9. The Bertz CT molecular complexity index is 1270. The zero-order valence-electron chi connectivity index (χ0n) is 21.2. The van der Waals surface area contributed by atoms with Crippen LogP contribution in [-0.4, -0.2) is 69.5 Å². The summed E-state index contributed by atoms with van der Waals surface area (Å²) < 4.78 is 14.7. The van der Waals surface area contributed by atoms with Gasteiger partial charge in [0.1, 0.15) is 5.52 Å². The van der Waals surface area contributed by atoms with Crippen molar-refractivity contribution in [1.82, 2.24) is 24.2 Å². The average molecular weight is 483 g/mol. The van der Waals surface area contributed by atoms with E-state index in [2.05, 4.69) is 10.00 Å². The fourth-order valence-electron chi connectivity index (χ4n) is 4.54. The van der Waals surface area contributed by atoms with E-state index >= 15 is 0 Å². The van der Waals surface area contributed by atoms with Crippen LogP contribution in [0.25, 0.3) is 11.0 Å². The number of aromatic nitrogens is 4. The highest BCUT2D eigenvalue weighted by molar-refractivity contribution is 5.95. The number of benzene rings is 1. The third-order valence-corrected chi connectivity index (χ3v) is 6.18. The summed E-state index contributed by atoms with van der Waals surface area (Å²) in [5, 5.41) is 4.40. The highest BCUT2D eigenvalue weighted by Crippen LogP contribution is 2.29. The highest BCUT2D eigenvalue weighted by Gasteiger charge is 2.27. The number of ether oxygens (including phenoxy) is 2. The smallest absolute Gasteiger partial charge is 0.281 e. The molecule has 188 valence electrons. The Balaban J connectivity index is 1.55. The normalized spacial score (nSPS) is 14.0. The average Bonchev–Trinajstić information content (AvgIpc) is 3.15. The van der Waals surface area contributed by atoms with E-state index in [9.17, 15) is 9.59 Å². The molecule has 0 unspecified atom stereocenters. The molecule has 1 fully saturated rings. The summed E-state index contributed by atoms with van der Waals surface area (Å²) in [5.41, 5.74) is 2.38. The molecule has 10 heteroatoms. The van der Waals surface area contributed by atoms with Crippen molar-refractivity contribution in [1.29, 1.82) is 0 Å². The SMILES string of the molecule is CCCn1c(N2CCN(C(=O)c3ccc(OCC)c(OCC)c3)CC2)nc2c(C)nn(C)c2c1=O. The van der Waals surface area contributed by atoms with E-state index < -0.39 is 0 Å². The molecule has 0 radical (unpaired) electrons. The molecule has 1 aliphatic rings. The van der Waals surface area contributed by atoms with Crippen LogP contribution in [0, 0.1) is 6.92 Å². The molecule has 0 N–H and O–H groups in total. The molecule has 1 amide bonds. The zero-order valence-corrected chi connectivity index (χ0v) is 21.2. The number of carbonyl (C=O) groups is 1. The van der Waals surface area contributed by atoms with Gasteiger partial charge in [-0.15, -0.1) is 0 Å². The standard InChI is InChI=1S/C25H34N6O4/c1-6-11-31-24(33)22-21(17(4)27-28(22)5)26-25(31)30-14-12-29(13-15-30)23(32)18-9-10-19(34-7-2)20(16-18)35-8-3/h9-10,16H,6-8,11-15H2,1-5H3. The number of hydrogen-bond donors (Lipinski definition) is 0. The Kier molecular flexibility index (Phi) is 7.28. The Hall–Kier alpha value is -3.56. The maximum atomic E-state index is 13.3. The van der Waals surface area contributed by atoms with Crippen LogP contribution in [0.15, 0.2) is 23.0 Å². The van der Waals surface area contributed by atoms with Gasteiger partial charge in [-0.05, 0) is 45.4 Å². The largest absolute Gasteiger partial charge is 0.490 e. The molecule has 1 saturated heterocycles. The molecule has 0 aliphatic carbocycles. The number of amides is 1. The number of nitrogens with zero attached hydrogens (tertiary/aromatic N) is 6. The Morgan fingerprint density at radius 2 is 1.71 bits per heavy atom. The minimum atomic E-state index is -0.0775. The van der Waals surface area contributed by atoms with Crippen LogP contribution in [0.4, 0.5) is 5.95 Å². The Morgan fingerprint density at radius 3 is 2.37 bits per heavy atom. The molecular formula is C25H34N6O4. The van der Waals surface area contributed by atoms with Crippen molar-refractivity contribution in [2.24, 2.45) is 7.05 Å². The summed E-state index contributed by atoms with van der Waals surface area (Å²) in [5.74, 6) is 1.81. The highest BCUT2D eigenvalue weighted by atomic mass is 16.5. The second kappa shape index (κ2) is 10.4. The van der Waals surface area contributed by atoms with Crippen LogP contribution < -0.4 is 19.9 Å². The quantitative estimate of drug-likeness (QED) is 0.487. The first-order valence-corrected chi connectivity index (χ1v) is 12.3. The molecule has 0 spiro atoms. The van der Waals surface area contributed by atoms with Crippen molar-refractivity contribution in [2.75, 3.05) is 44.3 Å². The van der Waals surface area contributed by atoms with E-state index in [0.717, 1.165) is 12.1 Å². The number of piperazine rings is 1. The van der Waals surface area contributed by atoms with E-state index in [1.165, 1.54) is 0 Å². The van der Waals surface area contributed by atoms with Gasteiger partial charge in [0.2, 0.25) is 5.95 Å². The van der Waals surface area contributed by atoms with Gasteiger partial charge in [-0.1, -0.05) is 6.92 Å². The third kappa shape index (κ3) is 4.69. The van der Waals surface area contributed by atoms with Crippen molar-refractivity contribution in [3.63, 3.8) is 0 Å². The van der Waals surface area contributed by atoms with Gasteiger partial charge in [-0.3, -0.25) is 18.8 Å². The summed E-state index contributed by atoms with van der Waals surface area (Å²) in [4.78, 5) is 35.3. The monoisotopic (exact) mass is 482 g/mol. The second-order valence-corrected chi connectivity index (χ2v) is 8.58. The zero-order chi connectivity index (χ0) is 25.1. The van der Waals surface area contributed by atoms with E-state index in [1.807, 2.05) is 32.6 Å². The number of hydrogen-bond acceptors (Lipinski definition) is 7. The van der Waals surface area contributed by atoms with Gasteiger partial charge in [0.05, 0.1) is 18.9 Å². The molecule has 2 aromatic heterocycles. The number of anilines is 1. The molecule has 1 aromatic carbocycles. The van der Waals surface area contributed by atoms with Gasteiger partial charge in [-0.25, -0.2) is 4.98 Å². The minimum Gasteiger partial charge on any atom is -0.490 e. The van der Waals surface area contributed by atoms with E-state index in [-0.39, 0.29) is 11.5 Å². The summed E-state index contributed by atoms with van der Waals surface area (Å²) >= 11 is 0. The van der Waals surface area contributed by atoms with Crippen molar-refractivity contribution in [2.45, 2.75) is 40.7 Å². The van der Waals surface area contributed by atoms with Gasteiger partial charge in [0.15, 0.2) is 17.0 Å². The lowest BCUT2D eigenvalue weighted by molar-refractivity contribution is 0.0745. The molecule has 0 bridgehead atoms. The van der Waals surface area contributed by atoms with E-state index in [0.29, 0.717) is 80.0 Å². The third-order valence-electron chi connectivity index (χ3n) is 6.18. The lowest BCUT2D eigenvalue weighted by Gasteiger charge is -2.36. The number of aryl methyl sites for hydroxylation is 2. The van der Waals surface area contributed by atoms with Crippen molar-refractivity contribution in [3.05, 3.63) is 39.8 Å². The summed E-state index contributed by atoms with van der Waals surface area (Å²) in [6.45, 7) is 11.5. The molecule has 10 nitrogen and oxygen atoms in total.